The van der Waals surface area contributed by atoms with E-state index in [9.17, 15) is 0 Å². The quantitative estimate of drug-likeness (QED) is 0.179. The molecule has 6 rings (SSSR count). The van der Waals surface area contributed by atoms with Crippen LogP contribution in [0.15, 0.2) is 117 Å². The molecule has 0 aliphatic rings. The average molecular weight is 600 g/mol. The van der Waals surface area contributed by atoms with Crippen LogP contribution in [0.5, 0.6) is 0 Å². The van der Waals surface area contributed by atoms with Gasteiger partial charge in [-0.1, -0.05) is 119 Å². The van der Waals surface area contributed by atoms with Crippen molar-refractivity contribution >= 4 is 57.9 Å². The van der Waals surface area contributed by atoms with Crippen LogP contribution in [0.2, 0.25) is 0 Å². The number of nitrogens with one attached hydrogen (secondary N) is 1. The van der Waals surface area contributed by atoms with Crippen LogP contribution in [0.1, 0.15) is 48.7 Å². The highest BCUT2D eigenvalue weighted by Gasteiger charge is 2.21. The van der Waals surface area contributed by atoms with E-state index in [2.05, 4.69) is 121 Å². The van der Waals surface area contributed by atoms with Crippen LogP contribution in [0, 0.1) is 0 Å². The zero-order valence-corrected chi connectivity index (χ0v) is 27.3. The predicted octanol–water partition coefficient (Wildman–Crippen LogP) is 12.2. The molecule has 0 bridgehead atoms. The second kappa shape index (κ2) is 14.0. The van der Waals surface area contributed by atoms with Crippen LogP contribution in [-0.2, 0) is 0 Å². The first-order valence-electron chi connectivity index (χ1n) is 15.7. The fraction of sp³-hybridized carbons (Fsp3) is 0.0930. The number of benzene rings is 4. The molecule has 4 aromatic carbocycles. The molecule has 1 N–H and O–H groups in total. The molecule has 0 spiro atoms. The normalized spacial score (nSPS) is 10.9. The number of anilines is 1. The van der Waals surface area contributed by atoms with E-state index in [1.807, 2.05) is 64.4 Å². The summed E-state index contributed by atoms with van der Waals surface area (Å²) in [7, 11) is 1.95. The summed E-state index contributed by atoms with van der Waals surface area (Å²) in [5.41, 5.74) is 13.8. The van der Waals surface area contributed by atoms with Crippen molar-refractivity contribution in [2.24, 2.45) is 0 Å². The maximum atomic E-state index is 4.74. The second-order valence-electron chi connectivity index (χ2n) is 10.6. The summed E-state index contributed by atoms with van der Waals surface area (Å²) < 4.78 is 2.24. The zero-order chi connectivity index (χ0) is 32.8. The Bertz CT molecular complexity index is 2120. The Morgan fingerprint density at radius 2 is 1.41 bits per heavy atom. The summed E-state index contributed by atoms with van der Waals surface area (Å²) >= 11 is 0. The minimum atomic E-state index is 0.945. The van der Waals surface area contributed by atoms with Crippen molar-refractivity contribution in [1.29, 1.82) is 0 Å². The minimum Gasteiger partial charge on any atom is -0.388 e. The maximum absolute atomic E-state index is 4.74. The molecule has 2 aromatic heterocycles. The van der Waals surface area contributed by atoms with Gasteiger partial charge in [0.1, 0.15) is 0 Å². The van der Waals surface area contributed by atoms with Gasteiger partial charge >= 0.3 is 0 Å². The van der Waals surface area contributed by atoms with Crippen molar-refractivity contribution in [3.05, 3.63) is 145 Å². The van der Waals surface area contributed by atoms with Crippen LogP contribution in [-0.4, -0.2) is 16.6 Å². The van der Waals surface area contributed by atoms with Crippen molar-refractivity contribution in [3.63, 3.8) is 0 Å². The topological polar surface area (TPSA) is 29.9 Å². The molecule has 0 fully saturated rings. The van der Waals surface area contributed by atoms with E-state index < -0.39 is 0 Å². The lowest BCUT2D eigenvalue weighted by atomic mass is 9.92. The number of hydrogen-bond acceptors (Lipinski definition) is 2. The number of rotatable bonds is 9. The predicted molar refractivity (Wildman–Crippen MR) is 205 cm³/mol. The fourth-order valence-electron chi connectivity index (χ4n) is 6.27. The molecule has 6 aromatic rings. The monoisotopic (exact) mass is 599 g/mol. The van der Waals surface area contributed by atoms with Crippen LogP contribution >= 0.6 is 0 Å². The molecule has 0 saturated carbocycles. The largest absolute Gasteiger partial charge is 0.388 e. The molecule has 0 saturated heterocycles. The van der Waals surface area contributed by atoms with E-state index in [0.29, 0.717) is 0 Å². The molecule has 0 amide bonds. The van der Waals surface area contributed by atoms with E-state index >= 15 is 0 Å². The van der Waals surface area contributed by atoms with Gasteiger partial charge in [0.05, 0.1) is 22.4 Å². The van der Waals surface area contributed by atoms with E-state index in [4.69, 9.17) is 4.98 Å². The molecular formula is C43H41N3. The maximum Gasteiger partial charge on any atom is 0.0802 e. The highest BCUT2D eigenvalue weighted by Crippen LogP contribution is 2.39. The van der Waals surface area contributed by atoms with Crippen molar-refractivity contribution in [2.75, 3.05) is 12.4 Å². The standard InChI is InChI=1S/C41H35N3.C2H6/c1-7-13-31-26-30(19-22-36(31)42-6)27-15-17-28(18-16-27)35-21-24-38(33(9-3)32(35)8-2)44-37(11-5)34(10-4)40-39(44)23-20-29-14-12-25-43-41(29)40;1-2/h7-26,42H,2-5H2,1,6H3;1-2H3/b13-7-;. The first-order valence-corrected chi connectivity index (χ1v) is 15.7. The Labute approximate surface area is 273 Å². The molecule has 0 atom stereocenters. The van der Waals surface area contributed by atoms with Gasteiger partial charge in [0, 0.05) is 40.8 Å². The Kier molecular flexibility index (Phi) is 9.64. The first kappa shape index (κ1) is 31.7. The van der Waals surface area contributed by atoms with Gasteiger partial charge in [-0.2, -0.15) is 0 Å². The van der Waals surface area contributed by atoms with Crippen molar-refractivity contribution in [1.82, 2.24) is 9.55 Å². The third-order valence-electron chi connectivity index (χ3n) is 8.29. The summed E-state index contributed by atoms with van der Waals surface area (Å²) in [5.74, 6) is 0. The smallest absolute Gasteiger partial charge is 0.0802 e. The van der Waals surface area contributed by atoms with Crippen LogP contribution in [0.25, 0.3) is 80.1 Å². The van der Waals surface area contributed by atoms with E-state index in [1.165, 1.54) is 5.56 Å². The lowest BCUT2D eigenvalue weighted by Crippen LogP contribution is -2.02. The molecule has 46 heavy (non-hydrogen) atoms. The van der Waals surface area contributed by atoms with Gasteiger partial charge < -0.3 is 9.88 Å². The van der Waals surface area contributed by atoms with Crippen molar-refractivity contribution in [3.8, 4) is 27.9 Å². The summed E-state index contributed by atoms with van der Waals surface area (Å²) in [5, 5.41) is 5.42. The molecule has 0 aliphatic carbocycles. The zero-order valence-electron chi connectivity index (χ0n) is 27.3. The van der Waals surface area contributed by atoms with Crippen molar-refractivity contribution < 1.29 is 0 Å². The molecular weight excluding hydrogens is 558 g/mol. The Morgan fingerprint density at radius 3 is 2.07 bits per heavy atom. The third-order valence-corrected chi connectivity index (χ3v) is 8.29. The highest BCUT2D eigenvalue weighted by atomic mass is 15.0. The molecule has 3 heteroatoms. The lowest BCUT2D eigenvalue weighted by Gasteiger charge is -2.18. The van der Waals surface area contributed by atoms with Crippen LogP contribution < -0.4 is 5.32 Å². The highest BCUT2D eigenvalue weighted by molar-refractivity contribution is 6.11. The van der Waals surface area contributed by atoms with Crippen LogP contribution in [0.3, 0.4) is 0 Å². The average Bonchev–Trinajstić information content (AvgIpc) is 3.45. The summed E-state index contributed by atoms with van der Waals surface area (Å²) in [6.07, 6.45) is 13.7. The Balaban J connectivity index is 0.00000204. The Morgan fingerprint density at radius 1 is 0.717 bits per heavy atom. The van der Waals surface area contributed by atoms with E-state index in [-0.39, 0.29) is 0 Å². The number of fused-ring (bicyclic) bond motifs is 3. The number of allylic oxidation sites excluding steroid dienone is 1. The molecule has 0 unspecified atom stereocenters. The minimum absolute atomic E-state index is 0.945. The summed E-state index contributed by atoms with van der Waals surface area (Å²) in [6.45, 7) is 22.8. The molecule has 228 valence electrons. The molecule has 0 aliphatic heterocycles. The third kappa shape index (κ3) is 5.41. The molecule has 3 nitrogen and oxygen atoms in total. The van der Waals surface area contributed by atoms with Gasteiger partial charge in [-0.05, 0) is 76.7 Å². The molecule has 2 heterocycles. The van der Waals surface area contributed by atoms with Gasteiger partial charge in [0.15, 0.2) is 0 Å². The number of hydrogen-bond donors (Lipinski definition) is 1. The first-order chi connectivity index (χ1) is 22.6. The van der Waals surface area contributed by atoms with Crippen molar-refractivity contribution in [2.45, 2.75) is 20.8 Å². The van der Waals surface area contributed by atoms with Gasteiger partial charge in [-0.25, -0.2) is 0 Å². The number of nitrogens with zero attached hydrogens (tertiary/aromatic N) is 2. The van der Waals surface area contributed by atoms with E-state index in [1.54, 1.807) is 0 Å². The van der Waals surface area contributed by atoms with Gasteiger partial charge in [0.2, 0.25) is 0 Å². The van der Waals surface area contributed by atoms with Gasteiger partial charge in [0.25, 0.3) is 0 Å². The van der Waals surface area contributed by atoms with Gasteiger partial charge in [-0.3, -0.25) is 4.98 Å². The lowest BCUT2D eigenvalue weighted by molar-refractivity contribution is 1.10. The van der Waals surface area contributed by atoms with Gasteiger partial charge in [-0.15, -0.1) is 0 Å². The SMILES string of the molecule is C=Cc1c(-c2ccc(-c3ccc(NC)c(/C=C\C)c3)cc2)ccc(-n2c(C=C)c(C=C)c3c4ncccc4ccc32)c1C=C.CC. The fourth-order valence-corrected chi connectivity index (χ4v) is 6.27. The molecule has 0 radical (unpaired) electrons. The number of aromatic nitrogens is 2. The second-order valence-corrected chi connectivity index (χ2v) is 10.6. The number of pyridine rings is 1. The summed E-state index contributed by atoms with van der Waals surface area (Å²) in [6, 6.07) is 27.9. The van der Waals surface area contributed by atoms with Crippen LogP contribution in [0.4, 0.5) is 5.69 Å². The van der Waals surface area contributed by atoms with E-state index in [0.717, 1.165) is 77.8 Å². The Hall–Kier alpha value is -5.67. The summed E-state index contributed by atoms with van der Waals surface area (Å²) in [4.78, 5) is 4.74.